The summed E-state index contributed by atoms with van der Waals surface area (Å²) in [7, 11) is 0. The van der Waals surface area contributed by atoms with Gasteiger partial charge in [-0.15, -0.1) is 10.2 Å². The van der Waals surface area contributed by atoms with E-state index >= 15 is 0 Å². The summed E-state index contributed by atoms with van der Waals surface area (Å²) in [4.78, 5) is 0. The van der Waals surface area contributed by atoms with Gasteiger partial charge in [-0.2, -0.15) is 0 Å². The van der Waals surface area contributed by atoms with Crippen molar-refractivity contribution in [1.29, 1.82) is 0 Å². The maximum absolute atomic E-state index is 13.3. The van der Waals surface area contributed by atoms with Crippen molar-refractivity contribution in [3.05, 3.63) is 42.2 Å². The summed E-state index contributed by atoms with van der Waals surface area (Å²) in [6.45, 7) is 0. The van der Waals surface area contributed by atoms with Crippen molar-refractivity contribution in [3.8, 4) is 11.5 Å². The Labute approximate surface area is 102 Å². The van der Waals surface area contributed by atoms with E-state index in [4.69, 9.17) is 5.73 Å². The number of para-hydroxylation sites is 1. The second kappa shape index (κ2) is 4.70. The first-order chi connectivity index (χ1) is 8.59. The van der Waals surface area contributed by atoms with Gasteiger partial charge in [0.05, 0.1) is 5.69 Å². The molecule has 0 heterocycles. The molecule has 2 rings (SSSR count). The Hall–Kier alpha value is -2.63. The van der Waals surface area contributed by atoms with Crippen LogP contribution in [0.15, 0.2) is 46.6 Å². The van der Waals surface area contributed by atoms with E-state index in [2.05, 4.69) is 10.2 Å². The predicted octanol–water partition coefficient (Wildman–Crippen LogP) is 3.23. The molecule has 0 aliphatic carbocycles. The third-order valence-corrected chi connectivity index (χ3v) is 2.27. The highest BCUT2D eigenvalue weighted by Gasteiger charge is 2.07. The quantitative estimate of drug-likeness (QED) is 0.432. The van der Waals surface area contributed by atoms with Gasteiger partial charge in [0.15, 0.2) is 17.3 Å². The molecular formula is C12H10FN3O2. The van der Waals surface area contributed by atoms with Gasteiger partial charge < -0.3 is 15.9 Å². The van der Waals surface area contributed by atoms with Gasteiger partial charge in [-0.05, 0) is 24.3 Å². The zero-order valence-corrected chi connectivity index (χ0v) is 9.21. The molecule has 2 aromatic carbocycles. The molecule has 0 spiro atoms. The summed E-state index contributed by atoms with van der Waals surface area (Å²) < 4.78 is 13.3. The molecule has 0 saturated heterocycles. The second-order valence-corrected chi connectivity index (χ2v) is 3.52. The zero-order valence-electron chi connectivity index (χ0n) is 9.21. The Kier molecular flexibility index (Phi) is 3.09. The zero-order chi connectivity index (χ0) is 13.1. The van der Waals surface area contributed by atoms with E-state index in [1.165, 1.54) is 24.3 Å². The van der Waals surface area contributed by atoms with Crippen molar-refractivity contribution in [2.45, 2.75) is 0 Å². The fourth-order valence-corrected chi connectivity index (χ4v) is 1.34. The van der Waals surface area contributed by atoms with Gasteiger partial charge in [-0.3, -0.25) is 0 Å². The Bertz CT molecular complexity index is 594. The number of hydrogen-bond acceptors (Lipinski definition) is 5. The highest BCUT2D eigenvalue weighted by molar-refractivity contribution is 5.65. The van der Waals surface area contributed by atoms with Crippen molar-refractivity contribution in [2.24, 2.45) is 10.2 Å². The van der Waals surface area contributed by atoms with E-state index in [1.54, 1.807) is 6.07 Å². The molecule has 0 aliphatic heterocycles. The average molecular weight is 247 g/mol. The number of phenols is 2. The topological polar surface area (TPSA) is 91.2 Å². The van der Waals surface area contributed by atoms with Crippen LogP contribution in [0, 0.1) is 5.82 Å². The van der Waals surface area contributed by atoms with Crippen molar-refractivity contribution < 1.29 is 14.6 Å². The number of nitrogens with zero attached hydrogens (tertiary/aromatic N) is 2. The van der Waals surface area contributed by atoms with E-state index in [0.29, 0.717) is 0 Å². The van der Waals surface area contributed by atoms with Crippen molar-refractivity contribution in [3.63, 3.8) is 0 Å². The normalized spacial score (nSPS) is 10.9. The van der Waals surface area contributed by atoms with Gasteiger partial charge in [-0.1, -0.05) is 12.1 Å². The van der Waals surface area contributed by atoms with Crippen LogP contribution in [-0.2, 0) is 0 Å². The third-order valence-electron chi connectivity index (χ3n) is 2.27. The number of nitrogen functional groups attached to an aromatic ring is 1. The van der Waals surface area contributed by atoms with Crippen LogP contribution in [0.2, 0.25) is 0 Å². The van der Waals surface area contributed by atoms with Crippen LogP contribution >= 0.6 is 0 Å². The van der Waals surface area contributed by atoms with Gasteiger partial charge in [0, 0.05) is 0 Å². The number of azo groups is 1. The number of nitrogens with two attached hydrogens (primary N) is 1. The summed E-state index contributed by atoms with van der Waals surface area (Å²) in [5.74, 6) is -1.28. The van der Waals surface area contributed by atoms with Crippen LogP contribution in [0.3, 0.4) is 0 Å². The van der Waals surface area contributed by atoms with E-state index in [9.17, 15) is 14.6 Å². The predicted molar refractivity (Wildman–Crippen MR) is 64.8 cm³/mol. The Morgan fingerprint density at radius 2 is 1.72 bits per heavy atom. The number of anilines is 1. The molecule has 2 aromatic rings. The smallest absolute Gasteiger partial charge is 0.166 e. The Morgan fingerprint density at radius 3 is 2.44 bits per heavy atom. The van der Waals surface area contributed by atoms with Crippen molar-refractivity contribution in [1.82, 2.24) is 0 Å². The highest BCUT2D eigenvalue weighted by atomic mass is 19.1. The number of hydrogen-bond donors (Lipinski definition) is 3. The van der Waals surface area contributed by atoms with Gasteiger partial charge in [0.2, 0.25) is 0 Å². The molecular weight excluding hydrogens is 237 g/mol. The number of rotatable bonds is 2. The minimum Gasteiger partial charge on any atom is -0.506 e. The molecule has 0 aliphatic rings. The molecule has 0 fully saturated rings. The van der Waals surface area contributed by atoms with Gasteiger partial charge >= 0.3 is 0 Å². The molecule has 0 unspecified atom stereocenters. The number of phenolic OH excluding ortho intramolecular Hbond substituents is 2. The molecule has 0 bridgehead atoms. The minimum absolute atomic E-state index is 0.0950. The average Bonchev–Trinajstić information content (AvgIpc) is 2.33. The van der Waals surface area contributed by atoms with Crippen molar-refractivity contribution in [2.75, 3.05) is 5.73 Å². The van der Waals surface area contributed by atoms with Gasteiger partial charge in [0.1, 0.15) is 11.4 Å². The lowest BCUT2D eigenvalue weighted by Crippen LogP contribution is -1.84. The highest BCUT2D eigenvalue weighted by Crippen LogP contribution is 2.35. The number of aromatic hydroxyl groups is 2. The molecule has 5 nitrogen and oxygen atoms in total. The SMILES string of the molecule is Nc1cccc(/N=N/c2c(O)cccc2F)c1O. The second-order valence-electron chi connectivity index (χ2n) is 3.52. The molecule has 0 amide bonds. The minimum atomic E-state index is -0.706. The lowest BCUT2D eigenvalue weighted by molar-refractivity contribution is 0.470. The maximum atomic E-state index is 13.3. The van der Waals surface area contributed by atoms with Crippen LogP contribution in [0.5, 0.6) is 11.5 Å². The molecule has 18 heavy (non-hydrogen) atoms. The summed E-state index contributed by atoms with van der Waals surface area (Å²) in [5, 5.41) is 26.2. The first kappa shape index (κ1) is 11.8. The third kappa shape index (κ3) is 2.22. The summed E-state index contributed by atoms with van der Waals surface area (Å²) in [6, 6.07) is 8.32. The standard InChI is InChI=1S/C12H10FN3O2/c13-7-3-1-6-10(17)11(7)16-15-9-5-2-4-8(14)12(9)18/h1-6,17-18H,14H2/b16-15+. The largest absolute Gasteiger partial charge is 0.506 e. The molecule has 0 radical (unpaired) electrons. The van der Waals surface area contributed by atoms with E-state index in [0.717, 1.165) is 6.07 Å². The van der Waals surface area contributed by atoms with E-state index in [1.807, 2.05) is 0 Å². The van der Waals surface area contributed by atoms with E-state index in [-0.39, 0.29) is 28.6 Å². The Morgan fingerprint density at radius 1 is 1.00 bits per heavy atom. The van der Waals surface area contributed by atoms with E-state index < -0.39 is 5.82 Å². The maximum Gasteiger partial charge on any atom is 0.166 e. The summed E-state index contributed by atoms with van der Waals surface area (Å²) in [5.41, 5.74) is 5.42. The first-order valence-corrected chi connectivity index (χ1v) is 5.06. The molecule has 0 saturated carbocycles. The van der Waals surface area contributed by atoms with Crippen LogP contribution in [-0.4, -0.2) is 10.2 Å². The number of halogens is 1. The fraction of sp³-hybridized carbons (Fsp3) is 0. The Balaban J connectivity index is 2.39. The fourth-order valence-electron chi connectivity index (χ4n) is 1.34. The summed E-state index contributed by atoms with van der Waals surface area (Å²) in [6.07, 6.45) is 0. The van der Waals surface area contributed by atoms with Crippen LogP contribution in [0.4, 0.5) is 21.5 Å². The van der Waals surface area contributed by atoms with Gasteiger partial charge in [-0.25, -0.2) is 4.39 Å². The molecule has 0 aromatic heterocycles. The van der Waals surface area contributed by atoms with Crippen LogP contribution in [0.1, 0.15) is 0 Å². The summed E-state index contributed by atoms with van der Waals surface area (Å²) >= 11 is 0. The van der Waals surface area contributed by atoms with Crippen molar-refractivity contribution >= 4 is 17.1 Å². The monoisotopic (exact) mass is 247 g/mol. The molecule has 4 N–H and O–H groups in total. The number of benzene rings is 2. The van der Waals surface area contributed by atoms with Crippen LogP contribution in [0.25, 0.3) is 0 Å². The molecule has 92 valence electrons. The lowest BCUT2D eigenvalue weighted by Gasteiger charge is -2.01. The molecule has 6 heteroatoms. The van der Waals surface area contributed by atoms with Gasteiger partial charge in [0.25, 0.3) is 0 Å². The molecule has 0 atom stereocenters. The lowest BCUT2D eigenvalue weighted by atomic mass is 10.2. The first-order valence-electron chi connectivity index (χ1n) is 5.06. The van der Waals surface area contributed by atoms with Crippen LogP contribution < -0.4 is 5.73 Å².